The van der Waals surface area contributed by atoms with Gasteiger partial charge in [-0.25, -0.2) is 0 Å². The second-order valence-electron chi connectivity index (χ2n) is 5.55. The summed E-state index contributed by atoms with van der Waals surface area (Å²) >= 11 is 0. The molecule has 2 rings (SSSR count). The molecule has 0 aliphatic heterocycles. The average molecular weight is 340 g/mol. The summed E-state index contributed by atoms with van der Waals surface area (Å²) in [6.45, 7) is 4.88. The van der Waals surface area contributed by atoms with Crippen LogP contribution in [-0.4, -0.2) is 25.7 Å². The van der Waals surface area contributed by atoms with Crippen molar-refractivity contribution in [3.05, 3.63) is 84.3 Å². The van der Waals surface area contributed by atoms with Crippen molar-refractivity contribution in [2.75, 3.05) is 13.7 Å². The van der Waals surface area contributed by atoms with Crippen LogP contribution in [0.3, 0.4) is 0 Å². The summed E-state index contributed by atoms with van der Waals surface area (Å²) in [5.41, 5.74) is 2.06. The van der Waals surface area contributed by atoms with E-state index in [2.05, 4.69) is 17.2 Å². The zero-order chi connectivity index (χ0) is 17.9. The third-order valence-corrected chi connectivity index (χ3v) is 3.55. The van der Waals surface area contributed by atoms with Crippen molar-refractivity contribution in [3.63, 3.8) is 0 Å². The van der Waals surface area contributed by atoms with Gasteiger partial charge in [0.25, 0.3) is 0 Å². The first kappa shape index (κ1) is 18.5. The van der Waals surface area contributed by atoms with E-state index in [-0.39, 0.29) is 12.5 Å². The Balaban J connectivity index is 1.81. The first-order valence-corrected chi connectivity index (χ1v) is 8.12. The fourth-order valence-electron chi connectivity index (χ4n) is 2.24. The number of carbonyl (C=O) groups is 1. The quantitative estimate of drug-likeness (QED) is 0.653. The average Bonchev–Trinajstić information content (AvgIpc) is 2.66. The van der Waals surface area contributed by atoms with E-state index in [9.17, 15) is 4.79 Å². The minimum absolute atomic E-state index is 0.171. The summed E-state index contributed by atoms with van der Waals surface area (Å²) in [5, 5.41) is 5.86. The van der Waals surface area contributed by atoms with Gasteiger partial charge >= 0.3 is 0 Å². The van der Waals surface area contributed by atoms with Crippen molar-refractivity contribution >= 4 is 5.91 Å². The van der Waals surface area contributed by atoms with Crippen LogP contribution < -0.4 is 10.6 Å². The third-order valence-electron chi connectivity index (χ3n) is 3.55. The molecule has 0 saturated carbocycles. The van der Waals surface area contributed by atoms with Crippen LogP contribution in [0.2, 0.25) is 0 Å². The summed E-state index contributed by atoms with van der Waals surface area (Å²) in [4.78, 5) is 12.4. The molecule has 0 fully saturated rings. The SMILES string of the molecule is C=C(N[C@H](COC)C(=O)NCc1ccccc1)OCc1ccccc1. The van der Waals surface area contributed by atoms with Gasteiger partial charge < -0.3 is 20.1 Å². The second-order valence-corrected chi connectivity index (χ2v) is 5.55. The van der Waals surface area contributed by atoms with Crippen molar-refractivity contribution in [2.45, 2.75) is 19.2 Å². The number of nitrogens with one attached hydrogen (secondary N) is 2. The predicted molar refractivity (Wildman–Crippen MR) is 97.5 cm³/mol. The van der Waals surface area contributed by atoms with Crippen LogP contribution >= 0.6 is 0 Å². The maximum atomic E-state index is 12.4. The lowest BCUT2D eigenvalue weighted by atomic mass is 10.2. The maximum Gasteiger partial charge on any atom is 0.245 e. The van der Waals surface area contributed by atoms with Crippen LogP contribution in [0.15, 0.2) is 73.1 Å². The molecule has 1 atom stereocenters. The summed E-state index contributed by atoms with van der Waals surface area (Å²) < 4.78 is 10.7. The largest absolute Gasteiger partial charge is 0.475 e. The Hall–Kier alpha value is -2.79. The van der Waals surface area contributed by atoms with Gasteiger partial charge in [-0.3, -0.25) is 4.79 Å². The summed E-state index contributed by atoms with van der Waals surface area (Å²) in [6.07, 6.45) is 0. The molecule has 0 radical (unpaired) electrons. The first-order chi connectivity index (χ1) is 12.2. The second kappa shape index (κ2) is 10.2. The molecular weight excluding hydrogens is 316 g/mol. The number of hydrogen-bond donors (Lipinski definition) is 2. The van der Waals surface area contributed by atoms with Crippen molar-refractivity contribution in [1.82, 2.24) is 10.6 Å². The van der Waals surface area contributed by atoms with Gasteiger partial charge in [-0.05, 0) is 17.7 Å². The van der Waals surface area contributed by atoms with Gasteiger partial charge in [-0.15, -0.1) is 0 Å². The van der Waals surface area contributed by atoms with Gasteiger partial charge in [-0.1, -0.05) is 60.7 Å². The molecule has 0 bridgehead atoms. The lowest BCUT2D eigenvalue weighted by molar-refractivity contribution is -0.124. The molecule has 5 heteroatoms. The Bertz CT molecular complexity index is 659. The molecule has 2 aromatic rings. The predicted octanol–water partition coefficient (Wildman–Crippen LogP) is 2.60. The van der Waals surface area contributed by atoms with E-state index in [1.54, 1.807) is 7.11 Å². The highest BCUT2D eigenvalue weighted by molar-refractivity contribution is 5.82. The lowest BCUT2D eigenvalue weighted by Crippen LogP contribution is -2.46. The monoisotopic (exact) mass is 340 g/mol. The van der Waals surface area contributed by atoms with E-state index in [1.165, 1.54) is 0 Å². The van der Waals surface area contributed by atoms with Crippen molar-refractivity contribution in [2.24, 2.45) is 0 Å². The number of benzene rings is 2. The molecule has 2 aromatic carbocycles. The Morgan fingerprint density at radius 1 is 1.04 bits per heavy atom. The molecule has 0 aliphatic rings. The van der Waals surface area contributed by atoms with Crippen LogP contribution in [0.1, 0.15) is 11.1 Å². The Morgan fingerprint density at radius 3 is 2.24 bits per heavy atom. The van der Waals surface area contributed by atoms with Crippen LogP contribution in [0.5, 0.6) is 0 Å². The van der Waals surface area contributed by atoms with Gasteiger partial charge in [0.05, 0.1) is 6.61 Å². The fourth-order valence-corrected chi connectivity index (χ4v) is 2.24. The first-order valence-electron chi connectivity index (χ1n) is 8.12. The van der Waals surface area contributed by atoms with Crippen molar-refractivity contribution < 1.29 is 14.3 Å². The van der Waals surface area contributed by atoms with Gasteiger partial charge in [0, 0.05) is 13.7 Å². The Morgan fingerprint density at radius 2 is 1.64 bits per heavy atom. The normalized spacial score (nSPS) is 11.4. The van der Waals surface area contributed by atoms with Crippen molar-refractivity contribution in [1.29, 1.82) is 0 Å². The van der Waals surface area contributed by atoms with Crippen LogP contribution in [0, 0.1) is 0 Å². The number of rotatable bonds is 10. The molecule has 1 amide bonds. The lowest BCUT2D eigenvalue weighted by Gasteiger charge is -2.20. The van der Waals surface area contributed by atoms with Gasteiger partial charge in [0.2, 0.25) is 5.91 Å². The molecule has 0 aliphatic carbocycles. The van der Waals surface area contributed by atoms with E-state index in [4.69, 9.17) is 9.47 Å². The zero-order valence-corrected chi connectivity index (χ0v) is 14.4. The molecule has 2 N–H and O–H groups in total. The Labute approximate surface area is 148 Å². The smallest absolute Gasteiger partial charge is 0.245 e. The van der Waals surface area contributed by atoms with Crippen molar-refractivity contribution in [3.8, 4) is 0 Å². The molecule has 132 valence electrons. The van der Waals surface area contributed by atoms with Gasteiger partial charge in [-0.2, -0.15) is 0 Å². The van der Waals surface area contributed by atoms with E-state index in [1.807, 2.05) is 60.7 Å². The zero-order valence-electron chi connectivity index (χ0n) is 14.4. The number of amides is 1. The molecular formula is C20H24N2O3. The van der Waals surface area contributed by atoms with E-state index >= 15 is 0 Å². The highest BCUT2D eigenvalue weighted by Gasteiger charge is 2.18. The highest BCUT2D eigenvalue weighted by atomic mass is 16.5. The summed E-state index contributed by atoms with van der Waals surface area (Å²) in [7, 11) is 1.55. The van der Waals surface area contributed by atoms with Gasteiger partial charge in [0.15, 0.2) is 5.88 Å². The topological polar surface area (TPSA) is 59.6 Å². The van der Waals surface area contributed by atoms with E-state index < -0.39 is 6.04 Å². The summed E-state index contributed by atoms with van der Waals surface area (Å²) in [6, 6.07) is 18.9. The number of methoxy groups -OCH3 is 1. The molecule has 0 aromatic heterocycles. The number of hydrogen-bond acceptors (Lipinski definition) is 4. The standard InChI is InChI=1S/C20H24N2O3/c1-16(25-14-18-11-7-4-8-12-18)22-19(15-24-2)20(23)21-13-17-9-5-3-6-10-17/h3-12,19,22H,1,13-15H2,2H3,(H,21,23)/t19-/m1/s1. The number of carbonyl (C=O) groups excluding carboxylic acids is 1. The summed E-state index contributed by atoms with van der Waals surface area (Å²) in [5.74, 6) is 0.163. The Kier molecular flexibility index (Phi) is 7.53. The number of ether oxygens (including phenoxy) is 2. The molecule has 0 unspecified atom stereocenters. The van der Waals surface area contributed by atoms with Gasteiger partial charge in [0.1, 0.15) is 12.6 Å². The van der Waals surface area contributed by atoms with Crippen LogP contribution in [0.25, 0.3) is 0 Å². The molecule has 5 nitrogen and oxygen atoms in total. The van der Waals surface area contributed by atoms with E-state index in [0.29, 0.717) is 19.0 Å². The minimum Gasteiger partial charge on any atom is -0.475 e. The molecule has 0 heterocycles. The van der Waals surface area contributed by atoms with E-state index in [0.717, 1.165) is 11.1 Å². The fraction of sp³-hybridized carbons (Fsp3) is 0.250. The minimum atomic E-state index is -0.572. The molecule has 0 spiro atoms. The van der Waals surface area contributed by atoms with Crippen LogP contribution in [-0.2, 0) is 27.4 Å². The van der Waals surface area contributed by atoms with Crippen LogP contribution in [0.4, 0.5) is 0 Å². The highest BCUT2D eigenvalue weighted by Crippen LogP contribution is 2.04. The maximum absolute atomic E-state index is 12.4. The third kappa shape index (κ3) is 6.69. The molecule has 0 saturated heterocycles. The molecule has 25 heavy (non-hydrogen) atoms.